The number of carbonyl (C=O) groups excluding carboxylic acids is 2. The van der Waals surface area contributed by atoms with Crippen molar-refractivity contribution >= 4 is 23.4 Å². The first-order chi connectivity index (χ1) is 17.7. The predicted molar refractivity (Wildman–Crippen MR) is 145 cm³/mol. The van der Waals surface area contributed by atoms with Crippen LogP contribution in [0.3, 0.4) is 0 Å². The number of hydrogen-bond donors (Lipinski definition) is 1. The lowest BCUT2D eigenvalue weighted by molar-refractivity contribution is -0.143. The van der Waals surface area contributed by atoms with Crippen molar-refractivity contribution < 1.29 is 18.7 Å². The van der Waals surface area contributed by atoms with Gasteiger partial charge in [-0.1, -0.05) is 61.0 Å². The van der Waals surface area contributed by atoms with Gasteiger partial charge in [-0.05, 0) is 73.7 Å². The standard InChI is InChI=1S/C30H34ClFN2O3/c1-5-22(4)33-30(36)27(17-23-9-7-6-8-10-23)34(18-24-11-13-25(32)14-12-24)28(35)19-37-26-15-20(2)29(31)21(3)16-26/h6-16,22,27H,5,17-19H2,1-4H3,(H,33,36)/t22-,27+/m1/s1. The van der Waals surface area contributed by atoms with Crippen molar-refractivity contribution in [1.29, 1.82) is 0 Å². The summed E-state index contributed by atoms with van der Waals surface area (Å²) in [5.41, 5.74) is 3.33. The second kappa shape index (κ2) is 13.2. The molecule has 3 aromatic rings. The van der Waals surface area contributed by atoms with E-state index < -0.39 is 6.04 Å². The highest BCUT2D eigenvalue weighted by molar-refractivity contribution is 6.32. The Morgan fingerprint density at radius 1 is 1.00 bits per heavy atom. The Hall–Kier alpha value is -3.38. The van der Waals surface area contributed by atoms with Gasteiger partial charge in [-0.3, -0.25) is 9.59 Å². The molecule has 5 nitrogen and oxygen atoms in total. The molecule has 0 bridgehead atoms. The Kier molecular flexibility index (Phi) is 10.1. The molecule has 3 aromatic carbocycles. The zero-order valence-electron chi connectivity index (χ0n) is 21.8. The van der Waals surface area contributed by atoms with Crippen LogP contribution in [0.25, 0.3) is 0 Å². The van der Waals surface area contributed by atoms with Crippen molar-refractivity contribution in [3.05, 3.63) is 99.8 Å². The summed E-state index contributed by atoms with van der Waals surface area (Å²) in [5.74, 6) is -0.436. The van der Waals surface area contributed by atoms with Crippen LogP contribution >= 0.6 is 11.6 Å². The van der Waals surface area contributed by atoms with Crippen LogP contribution in [0.4, 0.5) is 4.39 Å². The molecule has 0 aliphatic rings. The molecule has 1 N–H and O–H groups in total. The van der Waals surface area contributed by atoms with Crippen molar-refractivity contribution in [2.45, 2.75) is 59.2 Å². The molecule has 0 aliphatic heterocycles. The van der Waals surface area contributed by atoms with Gasteiger partial charge in [0.2, 0.25) is 5.91 Å². The third kappa shape index (κ3) is 8.05. The SMILES string of the molecule is CC[C@@H](C)NC(=O)[C@H](Cc1ccccc1)N(Cc1ccc(F)cc1)C(=O)COc1cc(C)c(Cl)c(C)c1. The van der Waals surface area contributed by atoms with E-state index in [1.54, 1.807) is 24.3 Å². The molecule has 196 valence electrons. The molecule has 0 fully saturated rings. The van der Waals surface area contributed by atoms with E-state index >= 15 is 0 Å². The number of ether oxygens (including phenoxy) is 1. The average Bonchev–Trinajstić information content (AvgIpc) is 2.89. The van der Waals surface area contributed by atoms with Gasteiger partial charge in [0.05, 0.1) is 0 Å². The lowest BCUT2D eigenvalue weighted by atomic mass is 10.0. The van der Waals surface area contributed by atoms with Crippen LogP contribution in [0.5, 0.6) is 5.75 Å². The minimum absolute atomic E-state index is 0.0511. The van der Waals surface area contributed by atoms with Gasteiger partial charge in [0.1, 0.15) is 17.6 Å². The van der Waals surface area contributed by atoms with Crippen molar-refractivity contribution in [3.63, 3.8) is 0 Å². The number of amides is 2. The van der Waals surface area contributed by atoms with Crippen LogP contribution in [0.15, 0.2) is 66.7 Å². The Morgan fingerprint density at radius 3 is 2.22 bits per heavy atom. The van der Waals surface area contributed by atoms with Crippen LogP contribution in [-0.4, -0.2) is 35.4 Å². The van der Waals surface area contributed by atoms with E-state index in [1.165, 1.54) is 17.0 Å². The van der Waals surface area contributed by atoms with Crippen LogP contribution in [0, 0.1) is 19.7 Å². The number of carbonyl (C=O) groups is 2. The van der Waals surface area contributed by atoms with Gasteiger partial charge in [-0.15, -0.1) is 0 Å². The fourth-order valence-corrected chi connectivity index (χ4v) is 4.11. The fourth-order valence-electron chi connectivity index (χ4n) is 4.00. The molecule has 7 heteroatoms. The number of benzene rings is 3. The Bertz CT molecular complexity index is 1180. The molecule has 0 spiro atoms. The van der Waals surface area contributed by atoms with Crippen LogP contribution in [0.2, 0.25) is 5.02 Å². The summed E-state index contributed by atoms with van der Waals surface area (Å²) in [6.07, 6.45) is 1.09. The zero-order valence-corrected chi connectivity index (χ0v) is 22.5. The van der Waals surface area contributed by atoms with Gasteiger partial charge >= 0.3 is 0 Å². The summed E-state index contributed by atoms with van der Waals surface area (Å²) in [5, 5.41) is 3.68. The van der Waals surface area contributed by atoms with Gasteiger partial charge in [-0.25, -0.2) is 4.39 Å². The van der Waals surface area contributed by atoms with Gasteiger partial charge in [0, 0.05) is 24.0 Å². The second-order valence-electron chi connectivity index (χ2n) is 9.33. The molecule has 2 atom stereocenters. The van der Waals surface area contributed by atoms with Crippen LogP contribution in [0.1, 0.15) is 42.5 Å². The van der Waals surface area contributed by atoms with Crippen LogP contribution < -0.4 is 10.1 Å². The van der Waals surface area contributed by atoms with Gasteiger partial charge in [0.25, 0.3) is 5.91 Å². The van der Waals surface area contributed by atoms with Crippen molar-refractivity contribution in [1.82, 2.24) is 10.2 Å². The molecule has 37 heavy (non-hydrogen) atoms. The highest BCUT2D eigenvalue weighted by Crippen LogP contribution is 2.26. The Balaban J connectivity index is 1.92. The van der Waals surface area contributed by atoms with Gasteiger partial charge in [0.15, 0.2) is 6.61 Å². The molecule has 0 aliphatic carbocycles. The molecule has 2 amide bonds. The number of nitrogens with zero attached hydrogens (tertiary/aromatic N) is 1. The second-order valence-corrected chi connectivity index (χ2v) is 9.71. The monoisotopic (exact) mass is 524 g/mol. The first kappa shape index (κ1) is 28.2. The number of hydrogen-bond acceptors (Lipinski definition) is 3. The largest absolute Gasteiger partial charge is 0.484 e. The third-order valence-electron chi connectivity index (χ3n) is 6.31. The lowest BCUT2D eigenvalue weighted by Crippen LogP contribution is -2.53. The topological polar surface area (TPSA) is 58.6 Å². The highest BCUT2D eigenvalue weighted by Gasteiger charge is 2.31. The number of aryl methyl sites for hydroxylation is 2. The maximum absolute atomic E-state index is 13.6. The predicted octanol–water partition coefficient (Wildman–Crippen LogP) is 6.03. The molecular weight excluding hydrogens is 491 g/mol. The number of rotatable bonds is 11. The molecule has 0 radical (unpaired) electrons. The molecule has 0 unspecified atom stereocenters. The van der Waals surface area contributed by atoms with E-state index in [0.29, 0.717) is 22.8 Å². The van der Waals surface area contributed by atoms with Crippen molar-refractivity contribution in [2.24, 2.45) is 0 Å². The highest BCUT2D eigenvalue weighted by atomic mass is 35.5. The minimum atomic E-state index is -0.786. The lowest BCUT2D eigenvalue weighted by Gasteiger charge is -2.32. The van der Waals surface area contributed by atoms with Crippen LogP contribution in [-0.2, 0) is 22.6 Å². The molecule has 3 rings (SSSR count). The third-order valence-corrected chi connectivity index (χ3v) is 6.91. The quantitative estimate of drug-likeness (QED) is 0.333. The number of nitrogens with one attached hydrogen (secondary N) is 1. The van der Waals surface area contributed by atoms with E-state index in [1.807, 2.05) is 58.0 Å². The molecule has 0 heterocycles. The van der Waals surface area contributed by atoms with E-state index in [9.17, 15) is 14.0 Å². The Labute approximate surface area is 223 Å². The average molecular weight is 525 g/mol. The number of halogens is 2. The van der Waals surface area contributed by atoms with Gasteiger partial charge < -0.3 is 15.0 Å². The van der Waals surface area contributed by atoms with Crippen molar-refractivity contribution in [2.75, 3.05) is 6.61 Å². The minimum Gasteiger partial charge on any atom is -0.484 e. The Morgan fingerprint density at radius 2 is 1.62 bits per heavy atom. The summed E-state index contributed by atoms with van der Waals surface area (Å²) in [6.45, 7) is 7.54. The van der Waals surface area contributed by atoms with E-state index in [-0.39, 0.29) is 36.8 Å². The normalized spacial score (nSPS) is 12.5. The summed E-state index contributed by atoms with van der Waals surface area (Å²) < 4.78 is 19.4. The zero-order chi connectivity index (χ0) is 26.9. The maximum Gasteiger partial charge on any atom is 0.261 e. The molecule has 0 saturated heterocycles. The summed E-state index contributed by atoms with van der Waals surface area (Å²) in [6, 6.07) is 18.2. The first-order valence-corrected chi connectivity index (χ1v) is 12.8. The first-order valence-electron chi connectivity index (χ1n) is 12.5. The fraction of sp³-hybridized carbons (Fsp3) is 0.333. The summed E-state index contributed by atoms with van der Waals surface area (Å²) in [7, 11) is 0. The van der Waals surface area contributed by atoms with Gasteiger partial charge in [-0.2, -0.15) is 0 Å². The maximum atomic E-state index is 13.6. The summed E-state index contributed by atoms with van der Waals surface area (Å²) >= 11 is 6.27. The molecule has 0 aromatic heterocycles. The van der Waals surface area contributed by atoms with Crippen molar-refractivity contribution in [3.8, 4) is 5.75 Å². The van der Waals surface area contributed by atoms with E-state index in [4.69, 9.17) is 16.3 Å². The van der Waals surface area contributed by atoms with E-state index in [2.05, 4.69) is 5.32 Å². The molecule has 0 saturated carbocycles. The molecular formula is C30H34ClFN2O3. The smallest absolute Gasteiger partial charge is 0.261 e. The summed E-state index contributed by atoms with van der Waals surface area (Å²) in [4.78, 5) is 28.6. The van der Waals surface area contributed by atoms with E-state index in [0.717, 1.165) is 23.1 Å².